The maximum Gasteiger partial charge on any atom is 0.356 e. The molecule has 2 aromatic carbocycles. The normalized spacial score (nSPS) is 10.6. The molecule has 110 valence electrons. The Bertz CT molecular complexity index is 825. The number of fused-ring (bicyclic) bond motifs is 1. The molecule has 0 unspecified atom stereocenters. The molecular weight excluding hydrogens is 278 g/mol. The van der Waals surface area contributed by atoms with E-state index in [1.165, 1.54) is 0 Å². The molecule has 0 fully saturated rings. The molecule has 0 saturated carbocycles. The molecule has 0 bridgehead atoms. The topological polar surface area (TPSA) is 59.4 Å². The number of nitrogens with zero attached hydrogens (tertiary/aromatic N) is 1. The van der Waals surface area contributed by atoms with Crippen molar-refractivity contribution in [3.05, 3.63) is 60.3 Å². The lowest BCUT2D eigenvalue weighted by Crippen LogP contribution is -2.06. The lowest BCUT2D eigenvalue weighted by Gasteiger charge is -2.06. The maximum absolute atomic E-state index is 11.7. The van der Waals surface area contributed by atoms with Crippen molar-refractivity contribution in [2.75, 3.05) is 6.61 Å². The zero-order valence-corrected chi connectivity index (χ0v) is 12.1. The fraction of sp³-hybridized carbons (Fsp3) is 0.111. The number of ether oxygens (including phenoxy) is 1. The molecule has 0 aliphatic heterocycles. The van der Waals surface area contributed by atoms with Gasteiger partial charge in [0, 0.05) is 5.39 Å². The van der Waals surface area contributed by atoms with Crippen LogP contribution in [0.15, 0.2) is 54.6 Å². The number of aromatic hydroxyl groups is 1. The van der Waals surface area contributed by atoms with Crippen LogP contribution in [0, 0.1) is 0 Å². The van der Waals surface area contributed by atoms with Gasteiger partial charge in [0.2, 0.25) is 0 Å². The third kappa shape index (κ3) is 2.76. The summed E-state index contributed by atoms with van der Waals surface area (Å²) < 4.78 is 4.96. The van der Waals surface area contributed by atoms with Crippen molar-refractivity contribution in [3.63, 3.8) is 0 Å². The van der Waals surface area contributed by atoms with Crippen LogP contribution in [0.3, 0.4) is 0 Å². The van der Waals surface area contributed by atoms with E-state index < -0.39 is 5.97 Å². The molecule has 4 heteroatoms. The monoisotopic (exact) mass is 293 g/mol. The van der Waals surface area contributed by atoms with E-state index in [0.29, 0.717) is 12.3 Å². The van der Waals surface area contributed by atoms with Crippen LogP contribution < -0.4 is 0 Å². The average Bonchev–Trinajstić information content (AvgIpc) is 2.55. The van der Waals surface area contributed by atoms with Gasteiger partial charge in [0.05, 0.1) is 12.1 Å². The summed E-state index contributed by atoms with van der Waals surface area (Å²) in [5, 5.41) is 10.3. The van der Waals surface area contributed by atoms with Crippen molar-refractivity contribution in [1.29, 1.82) is 0 Å². The van der Waals surface area contributed by atoms with Gasteiger partial charge in [0.25, 0.3) is 0 Å². The van der Waals surface area contributed by atoms with E-state index in [2.05, 4.69) is 4.98 Å². The van der Waals surface area contributed by atoms with E-state index in [1.807, 2.05) is 36.4 Å². The average molecular weight is 293 g/mol. The molecule has 0 saturated heterocycles. The van der Waals surface area contributed by atoms with E-state index in [9.17, 15) is 9.90 Å². The van der Waals surface area contributed by atoms with Gasteiger partial charge in [-0.15, -0.1) is 0 Å². The highest BCUT2D eigenvalue weighted by atomic mass is 16.5. The van der Waals surface area contributed by atoms with Gasteiger partial charge in [-0.05, 0) is 48.4 Å². The fourth-order valence-electron chi connectivity index (χ4n) is 2.28. The molecule has 0 radical (unpaired) electrons. The lowest BCUT2D eigenvalue weighted by molar-refractivity contribution is 0.0520. The van der Waals surface area contributed by atoms with Gasteiger partial charge >= 0.3 is 5.97 Å². The van der Waals surface area contributed by atoms with Crippen LogP contribution in [0.2, 0.25) is 0 Å². The first-order chi connectivity index (χ1) is 10.7. The van der Waals surface area contributed by atoms with Crippen LogP contribution in [0.25, 0.3) is 22.0 Å². The van der Waals surface area contributed by atoms with Gasteiger partial charge < -0.3 is 9.84 Å². The summed E-state index contributed by atoms with van der Waals surface area (Å²) in [6.45, 7) is 2.10. The van der Waals surface area contributed by atoms with Crippen LogP contribution in [0.4, 0.5) is 0 Å². The molecular formula is C18H15NO3. The van der Waals surface area contributed by atoms with Gasteiger partial charge in [-0.2, -0.15) is 0 Å². The van der Waals surface area contributed by atoms with E-state index in [1.54, 1.807) is 25.1 Å². The largest absolute Gasteiger partial charge is 0.508 e. The first-order valence-electron chi connectivity index (χ1n) is 7.04. The number of esters is 1. The van der Waals surface area contributed by atoms with Crippen LogP contribution in [0.1, 0.15) is 17.4 Å². The third-order valence-electron chi connectivity index (χ3n) is 3.37. The van der Waals surface area contributed by atoms with Crippen molar-refractivity contribution in [2.45, 2.75) is 6.92 Å². The lowest BCUT2D eigenvalue weighted by atomic mass is 10.0. The van der Waals surface area contributed by atoms with Crippen molar-refractivity contribution >= 4 is 16.9 Å². The highest BCUT2D eigenvalue weighted by Gasteiger charge is 2.09. The number of phenols is 1. The predicted octanol–water partition coefficient (Wildman–Crippen LogP) is 3.78. The zero-order chi connectivity index (χ0) is 15.5. The van der Waals surface area contributed by atoms with Crippen LogP contribution >= 0.6 is 0 Å². The summed E-state index contributed by atoms with van der Waals surface area (Å²) in [6.07, 6.45) is 0. The minimum atomic E-state index is -0.410. The molecule has 3 aromatic rings. The number of rotatable bonds is 3. The Morgan fingerprint density at radius 1 is 1.05 bits per heavy atom. The first-order valence-corrected chi connectivity index (χ1v) is 7.04. The molecule has 22 heavy (non-hydrogen) atoms. The van der Waals surface area contributed by atoms with Crippen LogP contribution in [-0.4, -0.2) is 22.7 Å². The first kappa shape index (κ1) is 14.1. The third-order valence-corrected chi connectivity index (χ3v) is 3.37. The maximum atomic E-state index is 11.7. The number of hydrogen-bond acceptors (Lipinski definition) is 4. The highest BCUT2D eigenvalue weighted by molar-refractivity contribution is 5.92. The number of carbonyl (C=O) groups is 1. The van der Waals surface area contributed by atoms with Crippen LogP contribution in [0.5, 0.6) is 5.75 Å². The molecule has 0 aliphatic rings. The molecule has 1 N–H and O–H groups in total. The fourth-order valence-corrected chi connectivity index (χ4v) is 2.28. The number of carbonyl (C=O) groups excluding carboxylic acids is 1. The van der Waals surface area contributed by atoms with E-state index in [4.69, 9.17) is 4.74 Å². The molecule has 1 heterocycles. The Hall–Kier alpha value is -2.88. The summed E-state index contributed by atoms with van der Waals surface area (Å²) in [5.41, 5.74) is 3.09. The van der Waals surface area contributed by atoms with Crippen LogP contribution in [-0.2, 0) is 4.74 Å². The molecule has 0 atom stereocenters. The molecule has 3 rings (SSSR count). The summed E-state index contributed by atoms with van der Waals surface area (Å²) in [6, 6.07) is 16.4. The van der Waals surface area contributed by atoms with Gasteiger partial charge in [0.1, 0.15) is 11.4 Å². The SMILES string of the molecule is CCOC(=O)c1ccc2cc(-c3ccc(O)cc3)ccc2n1. The zero-order valence-electron chi connectivity index (χ0n) is 12.1. The van der Waals surface area contributed by atoms with Gasteiger partial charge in [0.15, 0.2) is 0 Å². The summed E-state index contributed by atoms with van der Waals surface area (Å²) >= 11 is 0. The summed E-state index contributed by atoms with van der Waals surface area (Å²) in [7, 11) is 0. The second-order valence-corrected chi connectivity index (χ2v) is 4.87. The predicted molar refractivity (Wildman–Crippen MR) is 84.8 cm³/mol. The smallest absolute Gasteiger partial charge is 0.356 e. The number of pyridine rings is 1. The second kappa shape index (κ2) is 5.85. The minimum Gasteiger partial charge on any atom is -0.508 e. The Morgan fingerprint density at radius 2 is 1.77 bits per heavy atom. The Morgan fingerprint density at radius 3 is 2.50 bits per heavy atom. The number of aromatic nitrogens is 1. The number of benzene rings is 2. The highest BCUT2D eigenvalue weighted by Crippen LogP contribution is 2.25. The van der Waals surface area contributed by atoms with Gasteiger partial charge in [-0.25, -0.2) is 9.78 Å². The quantitative estimate of drug-likeness (QED) is 0.746. The summed E-state index contributed by atoms with van der Waals surface area (Å²) in [5.74, 6) is -0.169. The van der Waals surface area contributed by atoms with E-state index in [-0.39, 0.29) is 5.75 Å². The standard InChI is InChI=1S/C18H15NO3/c1-2-22-18(21)17-10-6-14-11-13(5-9-16(14)19-17)12-3-7-15(20)8-4-12/h3-11,20H,2H2,1H3. The second-order valence-electron chi connectivity index (χ2n) is 4.87. The van der Waals surface area contributed by atoms with Crippen molar-refractivity contribution in [1.82, 2.24) is 4.98 Å². The number of hydrogen-bond donors (Lipinski definition) is 1. The number of phenolic OH excluding ortho intramolecular Hbond substituents is 1. The van der Waals surface area contributed by atoms with E-state index in [0.717, 1.165) is 22.0 Å². The van der Waals surface area contributed by atoms with Crippen molar-refractivity contribution in [2.24, 2.45) is 0 Å². The molecule has 4 nitrogen and oxygen atoms in total. The van der Waals surface area contributed by atoms with Crippen molar-refractivity contribution in [3.8, 4) is 16.9 Å². The Kier molecular flexibility index (Phi) is 3.74. The van der Waals surface area contributed by atoms with E-state index >= 15 is 0 Å². The molecule has 0 spiro atoms. The Balaban J connectivity index is 1.99. The molecule has 1 aromatic heterocycles. The minimum absolute atomic E-state index is 0.241. The van der Waals surface area contributed by atoms with Crippen molar-refractivity contribution < 1.29 is 14.6 Å². The molecule has 0 amide bonds. The van der Waals surface area contributed by atoms with Gasteiger partial charge in [-0.3, -0.25) is 0 Å². The summed E-state index contributed by atoms with van der Waals surface area (Å²) in [4.78, 5) is 16.0. The molecule has 0 aliphatic carbocycles. The Labute approximate surface area is 128 Å². The van der Waals surface area contributed by atoms with Gasteiger partial charge in [-0.1, -0.05) is 24.3 Å².